The number of rotatable bonds is 6. The van der Waals surface area contributed by atoms with Crippen LogP contribution in [0.3, 0.4) is 0 Å². The molecule has 1 aromatic heterocycles. The fraction of sp³-hybridized carbons (Fsp3) is 0.412. The number of hydrogen-bond acceptors (Lipinski definition) is 2. The summed E-state index contributed by atoms with van der Waals surface area (Å²) in [6.45, 7) is 7.21. The molecule has 0 spiro atoms. The normalized spacial score (nSPS) is 12.6. The van der Waals surface area contributed by atoms with Crippen molar-refractivity contribution in [2.75, 3.05) is 6.54 Å². The molecule has 3 heteroatoms. The van der Waals surface area contributed by atoms with Crippen LogP contribution in [0.25, 0.3) is 0 Å². The molecule has 1 N–H and O–H groups in total. The average molecular weight is 292 g/mol. The second-order valence-electron chi connectivity index (χ2n) is 5.05. The molecule has 20 heavy (non-hydrogen) atoms. The molecule has 0 saturated heterocycles. The zero-order chi connectivity index (χ0) is 14.5. The molecular weight excluding hydrogens is 270 g/mol. The van der Waals surface area contributed by atoms with Gasteiger partial charge in [-0.1, -0.05) is 37.6 Å². The van der Waals surface area contributed by atoms with E-state index in [1.807, 2.05) is 19.1 Å². The predicted octanol–water partition coefficient (Wildman–Crippen LogP) is 4.89. The molecular formula is C17H22ClNO. The largest absolute Gasteiger partial charge is 0.464 e. The van der Waals surface area contributed by atoms with Gasteiger partial charge in [0.15, 0.2) is 0 Å². The van der Waals surface area contributed by atoms with E-state index in [2.05, 4.69) is 37.4 Å². The van der Waals surface area contributed by atoms with Crippen molar-refractivity contribution in [2.45, 2.75) is 39.7 Å². The fourth-order valence-electron chi connectivity index (χ4n) is 2.20. The Balaban J connectivity index is 2.32. The number of hydrogen-bond donors (Lipinski definition) is 1. The van der Waals surface area contributed by atoms with Crippen molar-refractivity contribution >= 4 is 11.6 Å². The molecule has 0 bridgehead atoms. The van der Waals surface area contributed by atoms with E-state index < -0.39 is 0 Å². The van der Waals surface area contributed by atoms with Gasteiger partial charge in [0.05, 0.1) is 6.04 Å². The molecule has 2 aromatic rings. The van der Waals surface area contributed by atoms with Crippen LogP contribution in [0.4, 0.5) is 0 Å². The van der Waals surface area contributed by atoms with Gasteiger partial charge in [0.25, 0.3) is 0 Å². The molecule has 2 nitrogen and oxygen atoms in total. The number of aryl methyl sites for hydroxylation is 2. The highest BCUT2D eigenvalue weighted by atomic mass is 35.5. The molecule has 1 heterocycles. The topological polar surface area (TPSA) is 25.2 Å². The van der Waals surface area contributed by atoms with Gasteiger partial charge in [-0.15, -0.1) is 0 Å². The first-order valence-electron chi connectivity index (χ1n) is 7.23. The van der Waals surface area contributed by atoms with Crippen LogP contribution < -0.4 is 5.32 Å². The van der Waals surface area contributed by atoms with Crippen LogP contribution in [-0.2, 0) is 6.42 Å². The van der Waals surface area contributed by atoms with Gasteiger partial charge in [-0.2, -0.15) is 0 Å². The van der Waals surface area contributed by atoms with Crippen molar-refractivity contribution in [3.63, 3.8) is 0 Å². The number of benzene rings is 1. The van der Waals surface area contributed by atoms with E-state index in [0.29, 0.717) is 0 Å². The van der Waals surface area contributed by atoms with Crippen LogP contribution in [0, 0.1) is 6.92 Å². The Morgan fingerprint density at radius 1 is 1.20 bits per heavy atom. The van der Waals surface area contributed by atoms with Gasteiger partial charge in [0.1, 0.15) is 11.5 Å². The maximum absolute atomic E-state index is 6.25. The van der Waals surface area contributed by atoms with Gasteiger partial charge in [-0.25, -0.2) is 0 Å². The summed E-state index contributed by atoms with van der Waals surface area (Å²) in [6, 6.07) is 10.4. The molecule has 0 radical (unpaired) electrons. The van der Waals surface area contributed by atoms with E-state index in [9.17, 15) is 0 Å². The van der Waals surface area contributed by atoms with E-state index in [1.165, 1.54) is 0 Å². The third-order valence-corrected chi connectivity index (χ3v) is 3.85. The lowest BCUT2D eigenvalue weighted by Gasteiger charge is -2.17. The minimum atomic E-state index is 0.0633. The zero-order valence-corrected chi connectivity index (χ0v) is 13.1. The van der Waals surface area contributed by atoms with Gasteiger partial charge < -0.3 is 9.73 Å². The Hall–Kier alpha value is -1.25. The van der Waals surface area contributed by atoms with Crippen molar-refractivity contribution < 1.29 is 4.42 Å². The first kappa shape index (κ1) is 15.1. The molecule has 2 rings (SSSR count). The molecule has 1 atom stereocenters. The summed E-state index contributed by atoms with van der Waals surface area (Å²) >= 11 is 6.25. The quantitative estimate of drug-likeness (QED) is 0.819. The Kier molecular flexibility index (Phi) is 5.27. The van der Waals surface area contributed by atoms with E-state index in [-0.39, 0.29) is 6.04 Å². The van der Waals surface area contributed by atoms with Crippen LogP contribution in [-0.4, -0.2) is 6.54 Å². The van der Waals surface area contributed by atoms with Crippen molar-refractivity contribution in [3.05, 3.63) is 58.0 Å². The van der Waals surface area contributed by atoms with E-state index in [4.69, 9.17) is 16.0 Å². The van der Waals surface area contributed by atoms with Crippen molar-refractivity contribution in [3.8, 4) is 0 Å². The highest BCUT2D eigenvalue weighted by Crippen LogP contribution is 2.27. The maximum atomic E-state index is 6.25. The summed E-state index contributed by atoms with van der Waals surface area (Å²) in [7, 11) is 0. The molecule has 1 unspecified atom stereocenters. The second kappa shape index (κ2) is 6.96. The lowest BCUT2D eigenvalue weighted by molar-refractivity contribution is 0.422. The highest BCUT2D eigenvalue weighted by molar-refractivity contribution is 6.31. The predicted molar refractivity (Wildman–Crippen MR) is 84.4 cm³/mol. The van der Waals surface area contributed by atoms with E-state index in [0.717, 1.165) is 47.1 Å². The van der Waals surface area contributed by atoms with Crippen LogP contribution >= 0.6 is 11.6 Å². The highest BCUT2D eigenvalue weighted by Gasteiger charge is 2.17. The Labute approximate surface area is 126 Å². The SMILES string of the molecule is CCCNC(c1ccc(C)c(Cl)c1)c1ccc(CC)o1. The summed E-state index contributed by atoms with van der Waals surface area (Å²) in [5.41, 5.74) is 2.24. The minimum absolute atomic E-state index is 0.0633. The number of halogens is 1. The first-order chi connectivity index (χ1) is 9.65. The van der Waals surface area contributed by atoms with Crippen molar-refractivity contribution in [1.29, 1.82) is 0 Å². The summed E-state index contributed by atoms with van der Waals surface area (Å²) < 4.78 is 5.91. The molecule has 108 valence electrons. The summed E-state index contributed by atoms with van der Waals surface area (Å²) in [5.74, 6) is 1.97. The smallest absolute Gasteiger partial charge is 0.125 e. The van der Waals surface area contributed by atoms with Crippen LogP contribution in [0.1, 0.15) is 49.0 Å². The Bertz CT molecular complexity index is 562. The van der Waals surface area contributed by atoms with Crippen LogP contribution in [0.2, 0.25) is 5.02 Å². The number of nitrogens with one attached hydrogen (secondary N) is 1. The average Bonchev–Trinajstić information content (AvgIpc) is 2.92. The second-order valence-corrected chi connectivity index (χ2v) is 5.46. The third-order valence-electron chi connectivity index (χ3n) is 3.44. The van der Waals surface area contributed by atoms with E-state index in [1.54, 1.807) is 0 Å². The summed E-state index contributed by atoms with van der Waals surface area (Å²) in [4.78, 5) is 0. The zero-order valence-electron chi connectivity index (χ0n) is 12.4. The first-order valence-corrected chi connectivity index (χ1v) is 7.61. The lowest BCUT2D eigenvalue weighted by atomic mass is 10.0. The van der Waals surface area contributed by atoms with Crippen molar-refractivity contribution in [2.24, 2.45) is 0 Å². The van der Waals surface area contributed by atoms with Gasteiger partial charge in [-0.05, 0) is 49.2 Å². The molecule has 0 saturated carbocycles. The van der Waals surface area contributed by atoms with Gasteiger partial charge in [0, 0.05) is 11.4 Å². The molecule has 0 fully saturated rings. The lowest BCUT2D eigenvalue weighted by Crippen LogP contribution is -2.22. The summed E-state index contributed by atoms with van der Waals surface area (Å²) in [5, 5.41) is 4.33. The fourth-order valence-corrected chi connectivity index (χ4v) is 2.39. The minimum Gasteiger partial charge on any atom is -0.464 e. The number of furan rings is 1. The molecule has 0 amide bonds. The van der Waals surface area contributed by atoms with E-state index >= 15 is 0 Å². The summed E-state index contributed by atoms with van der Waals surface area (Å²) in [6.07, 6.45) is 1.99. The third kappa shape index (κ3) is 3.44. The van der Waals surface area contributed by atoms with Gasteiger partial charge >= 0.3 is 0 Å². The molecule has 0 aliphatic rings. The van der Waals surface area contributed by atoms with Gasteiger partial charge in [-0.3, -0.25) is 0 Å². The van der Waals surface area contributed by atoms with Gasteiger partial charge in [0.2, 0.25) is 0 Å². The Morgan fingerprint density at radius 2 is 2.00 bits per heavy atom. The monoisotopic (exact) mass is 291 g/mol. The Morgan fingerprint density at radius 3 is 2.60 bits per heavy atom. The molecule has 1 aromatic carbocycles. The maximum Gasteiger partial charge on any atom is 0.125 e. The molecule has 0 aliphatic carbocycles. The van der Waals surface area contributed by atoms with Crippen molar-refractivity contribution in [1.82, 2.24) is 5.32 Å². The van der Waals surface area contributed by atoms with Crippen LogP contribution in [0.15, 0.2) is 34.7 Å². The standard InChI is InChI=1S/C17H22ClNO/c1-4-10-19-17(16-9-8-14(5-2)20-16)13-7-6-12(3)15(18)11-13/h6-9,11,17,19H,4-5,10H2,1-3H3. The molecule has 0 aliphatic heterocycles. The van der Waals surface area contributed by atoms with Crippen LogP contribution in [0.5, 0.6) is 0 Å².